The minimum atomic E-state index is -0.666. The summed E-state index contributed by atoms with van der Waals surface area (Å²) >= 11 is 0. The Kier molecular flexibility index (Phi) is 4.65. The van der Waals surface area contributed by atoms with E-state index in [1.807, 2.05) is 12.1 Å². The van der Waals surface area contributed by atoms with Crippen molar-refractivity contribution in [3.05, 3.63) is 60.3 Å². The van der Waals surface area contributed by atoms with Gasteiger partial charge in [0, 0.05) is 42.0 Å². The molecule has 30 heavy (non-hydrogen) atoms. The number of benzene rings is 1. The highest BCUT2D eigenvalue weighted by Crippen LogP contribution is 2.43. The van der Waals surface area contributed by atoms with Crippen LogP contribution in [0.4, 0.5) is 19.3 Å². The molecule has 5 rings (SSSR count). The van der Waals surface area contributed by atoms with E-state index in [-0.39, 0.29) is 23.7 Å². The van der Waals surface area contributed by atoms with Crippen LogP contribution in [0.3, 0.4) is 0 Å². The third kappa shape index (κ3) is 3.40. The van der Waals surface area contributed by atoms with Crippen LogP contribution >= 0.6 is 0 Å². The number of piperidine rings is 1. The third-order valence-corrected chi connectivity index (χ3v) is 5.85. The molecular weight excluding hydrogens is 392 g/mol. The van der Waals surface area contributed by atoms with Crippen molar-refractivity contribution in [2.45, 2.75) is 43.7 Å². The van der Waals surface area contributed by atoms with E-state index in [0.29, 0.717) is 24.6 Å². The van der Waals surface area contributed by atoms with Crippen LogP contribution in [-0.2, 0) is 0 Å². The van der Waals surface area contributed by atoms with E-state index in [2.05, 4.69) is 20.4 Å². The molecule has 0 saturated carbocycles. The molecule has 2 fully saturated rings. The lowest BCUT2D eigenvalue weighted by atomic mass is 9.91. The summed E-state index contributed by atoms with van der Waals surface area (Å²) in [7, 11) is 0. The summed E-state index contributed by atoms with van der Waals surface area (Å²) in [5, 5.41) is 6.58. The number of pyridine rings is 1. The Morgan fingerprint density at radius 3 is 2.70 bits per heavy atom. The van der Waals surface area contributed by atoms with E-state index in [4.69, 9.17) is 4.52 Å². The van der Waals surface area contributed by atoms with Gasteiger partial charge in [-0.1, -0.05) is 5.16 Å². The minimum absolute atomic E-state index is 0.0147. The average molecular weight is 411 g/mol. The van der Waals surface area contributed by atoms with Crippen molar-refractivity contribution in [3.8, 4) is 11.4 Å². The summed E-state index contributed by atoms with van der Waals surface area (Å²) in [5.41, 5.74) is 0.629. The Morgan fingerprint density at radius 2 is 1.97 bits per heavy atom. The normalized spacial score (nSPS) is 22.9. The molecule has 1 aromatic carbocycles. The lowest BCUT2D eigenvalue weighted by molar-refractivity contribution is 0.140. The topological polar surface area (TPSA) is 84.2 Å². The second-order valence-corrected chi connectivity index (χ2v) is 7.71. The molecule has 2 saturated heterocycles. The molecule has 0 radical (unpaired) electrons. The van der Waals surface area contributed by atoms with Crippen molar-refractivity contribution in [2.75, 3.05) is 5.32 Å². The van der Waals surface area contributed by atoms with Gasteiger partial charge in [0.1, 0.15) is 11.6 Å². The zero-order valence-electron chi connectivity index (χ0n) is 16.0. The second-order valence-electron chi connectivity index (χ2n) is 7.71. The molecule has 2 unspecified atom stereocenters. The number of nitrogens with one attached hydrogen (secondary N) is 1. The molecule has 2 amide bonds. The SMILES string of the molecule is O=C(Nc1cc(F)ccc1F)N1C2CCC1CC(c1nc(-c3cccnc3)no1)C2. The van der Waals surface area contributed by atoms with Gasteiger partial charge < -0.3 is 14.7 Å². The maximum atomic E-state index is 13.9. The monoisotopic (exact) mass is 411 g/mol. The second kappa shape index (κ2) is 7.47. The number of amides is 2. The zero-order valence-corrected chi connectivity index (χ0v) is 16.0. The predicted octanol–water partition coefficient (Wildman–Crippen LogP) is 4.35. The molecule has 2 aliphatic rings. The minimum Gasteiger partial charge on any atom is -0.339 e. The molecule has 9 heteroatoms. The zero-order chi connectivity index (χ0) is 20.7. The summed E-state index contributed by atoms with van der Waals surface area (Å²) in [5.74, 6) is -0.167. The molecule has 2 atom stereocenters. The number of urea groups is 1. The van der Waals surface area contributed by atoms with Crippen LogP contribution in [0.5, 0.6) is 0 Å². The number of rotatable bonds is 3. The van der Waals surface area contributed by atoms with Gasteiger partial charge in [0.25, 0.3) is 0 Å². The van der Waals surface area contributed by atoms with Crippen molar-refractivity contribution in [1.29, 1.82) is 0 Å². The van der Waals surface area contributed by atoms with Gasteiger partial charge in [-0.3, -0.25) is 4.98 Å². The van der Waals surface area contributed by atoms with Crippen LogP contribution in [0.15, 0.2) is 47.2 Å². The molecule has 154 valence electrons. The summed E-state index contributed by atoms with van der Waals surface area (Å²) < 4.78 is 32.8. The van der Waals surface area contributed by atoms with E-state index in [1.165, 1.54) is 0 Å². The molecular formula is C21H19F2N5O2. The molecule has 0 spiro atoms. The van der Waals surface area contributed by atoms with E-state index in [1.54, 1.807) is 17.3 Å². The van der Waals surface area contributed by atoms with Gasteiger partial charge in [-0.2, -0.15) is 4.98 Å². The van der Waals surface area contributed by atoms with Crippen LogP contribution in [0.25, 0.3) is 11.4 Å². The van der Waals surface area contributed by atoms with Gasteiger partial charge in [0.05, 0.1) is 5.69 Å². The van der Waals surface area contributed by atoms with Crippen molar-refractivity contribution in [1.82, 2.24) is 20.0 Å². The van der Waals surface area contributed by atoms with Crippen LogP contribution in [0, 0.1) is 11.6 Å². The fourth-order valence-electron chi connectivity index (χ4n) is 4.50. The number of hydrogen-bond donors (Lipinski definition) is 1. The maximum Gasteiger partial charge on any atom is 0.322 e. The van der Waals surface area contributed by atoms with Crippen LogP contribution in [0.2, 0.25) is 0 Å². The first-order valence-electron chi connectivity index (χ1n) is 9.87. The first-order chi connectivity index (χ1) is 14.6. The van der Waals surface area contributed by atoms with Gasteiger partial charge in [0.2, 0.25) is 11.7 Å². The predicted molar refractivity (Wildman–Crippen MR) is 104 cm³/mol. The van der Waals surface area contributed by atoms with Gasteiger partial charge in [-0.25, -0.2) is 13.6 Å². The Morgan fingerprint density at radius 1 is 1.17 bits per heavy atom. The molecule has 2 aromatic heterocycles. The average Bonchev–Trinajstić information content (AvgIpc) is 3.34. The standard InChI is InChI=1S/C21H19F2N5O2/c22-14-3-6-17(23)18(10-14)25-21(29)28-15-4-5-16(28)9-13(8-15)20-26-19(27-30-20)12-2-1-7-24-11-12/h1-3,6-7,10-11,13,15-16H,4-5,8-9H2,(H,25,29). The van der Waals surface area contributed by atoms with Crippen molar-refractivity contribution >= 4 is 11.7 Å². The maximum absolute atomic E-state index is 13.9. The fraction of sp³-hybridized carbons (Fsp3) is 0.333. The summed E-state index contributed by atoms with van der Waals surface area (Å²) in [6.07, 6.45) is 6.43. The number of nitrogens with zero attached hydrogens (tertiary/aromatic N) is 4. The molecule has 4 heterocycles. The molecule has 2 bridgehead atoms. The van der Waals surface area contributed by atoms with Crippen LogP contribution in [-0.4, -0.2) is 38.1 Å². The summed E-state index contributed by atoms with van der Waals surface area (Å²) in [6.45, 7) is 0. The third-order valence-electron chi connectivity index (χ3n) is 5.85. The van der Waals surface area contributed by atoms with Gasteiger partial charge >= 0.3 is 6.03 Å². The summed E-state index contributed by atoms with van der Waals surface area (Å²) in [4.78, 5) is 23.1. The van der Waals surface area contributed by atoms with Crippen LogP contribution in [0.1, 0.15) is 37.5 Å². The number of carbonyl (C=O) groups is 1. The largest absolute Gasteiger partial charge is 0.339 e. The van der Waals surface area contributed by atoms with E-state index in [9.17, 15) is 13.6 Å². The number of carbonyl (C=O) groups excluding carboxylic acids is 1. The summed E-state index contributed by atoms with van der Waals surface area (Å²) in [6, 6.07) is 6.24. The first-order valence-corrected chi connectivity index (χ1v) is 9.87. The first kappa shape index (κ1) is 18.7. The highest BCUT2D eigenvalue weighted by molar-refractivity contribution is 5.90. The number of aromatic nitrogens is 3. The van der Waals surface area contributed by atoms with Crippen molar-refractivity contribution in [2.24, 2.45) is 0 Å². The Balaban J connectivity index is 1.30. The van der Waals surface area contributed by atoms with Gasteiger partial charge in [-0.15, -0.1) is 0 Å². The lowest BCUT2D eigenvalue weighted by Crippen LogP contribution is -2.48. The Labute approximate surface area is 171 Å². The Hall–Kier alpha value is -3.36. The lowest BCUT2D eigenvalue weighted by Gasteiger charge is -2.37. The van der Waals surface area contributed by atoms with E-state index >= 15 is 0 Å². The number of fused-ring (bicyclic) bond motifs is 2. The van der Waals surface area contributed by atoms with E-state index < -0.39 is 17.7 Å². The molecule has 2 aliphatic heterocycles. The van der Waals surface area contributed by atoms with Gasteiger partial charge in [0.15, 0.2) is 0 Å². The quantitative estimate of drug-likeness (QED) is 0.693. The van der Waals surface area contributed by atoms with Gasteiger partial charge in [-0.05, 0) is 49.9 Å². The Bertz CT molecular complexity index is 1060. The molecule has 7 nitrogen and oxygen atoms in total. The fourth-order valence-corrected chi connectivity index (χ4v) is 4.50. The highest BCUT2D eigenvalue weighted by Gasteiger charge is 2.45. The highest BCUT2D eigenvalue weighted by atomic mass is 19.1. The van der Waals surface area contributed by atoms with Crippen molar-refractivity contribution < 1.29 is 18.1 Å². The molecule has 3 aromatic rings. The number of halogens is 2. The smallest absolute Gasteiger partial charge is 0.322 e. The number of anilines is 1. The van der Waals surface area contributed by atoms with E-state index in [0.717, 1.165) is 36.6 Å². The van der Waals surface area contributed by atoms with Crippen molar-refractivity contribution in [3.63, 3.8) is 0 Å². The molecule has 1 N–H and O–H groups in total. The van der Waals surface area contributed by atoms with Crippen LogP contribution < -0.4 is 5.32 Å². The number of hydrogen-bond acceptors (Lipinski definition) is 5. The molecule has 0 aliphatic carbocycles.